The van der Waals surface area contributed by atoms with Crippen molar-refractivity contribution in [3.05, 3.63) is 23.9 Å². The highest BCUT2D eigenvalue weighted by molar-refractivity contribution is 5.78. The van der Waals surface area contributed by atoms with Crippen molar-refractivity contribution >= 4 is 5.96 Å². The molecule has 0 saturated heterocycles. The van der Waals surface area contributed by atoms with E-state index in [9.17, 15) is 0 Å². The molecule has 1 heterocycles. The van der Waals surface area contributed by atoms with Gasteiger partial charge in [-0.2, -0.15) is 0 Å². The minimum absolute atomic E-state index is 0.555. The molecular formula is C12H18N4O. The first-order chi connectivity index (χ1) is 8.20. The molecule has 1 saturated carbocycles. The van der Waals surface area contributed by atoms with Crippen LogP contribution in [0, 0.1) is 0 Å². The lowest BCUT2D eigenvalue weighted by Gasteiger charge is -2.16. The number of ether oxygens (including phenoxy) is 1. The van der Waals surface area contributed by atoms with Gasteiger partial charge in [0.15, 0.2) is 5.96 Å². The summed E-state index contributed by atoms with van der Waals surface area (Å²) in [4.78, 5) is 10.5. The van der Waals surface area contributed by atoms with Crippen LogP contribution in [0.1, 0.15) is 18.4 Å². The van der Waals surface area contributed by atoms with E-state index in [1.807, 2.05) is 24.1 Å². The molecule has 0 radical (unpaired) electrons. The molecule has 0 unspecified atom stereocenters. The lowest BCUT2D eigenvalue weighted by Crippen LogP contribution is -2.35. The summed E-state index contributed by atoms with van der Waals surface area (Å²) < 4.78 is 4.99. The molecule has 0 spiro atoms. The number of pyridine rings is 1. The van der Waals surface area contributed by atoms with Gasteiger partial charge in [0.1, 0.15) is 0 Å². The molecule has 5 heteroatoms. The highest BCUT2D eigenvalue weighted by atomic mass is 16.5. The molecule has 2 rings (SSSR count). The number of guanidine groups is 1. The Labute approximate surface area is 101 Å². The summed E-state index contributed by atoms with van der Waals surface area (Å²) in [6.07, 6.45) is 4.19. The lowest BCUT2D eigenvalue weighted by atomic mass is 10.3. The molecule has 0 aliphatic heterocycles. The quantitative estimate of drug-likeness (QED) is 0.623. The SMILES string of the molecule is COc1ccc(CN=C(N)N(C)C2CC2)cn1. The van der Waals surface area contributed by atoms with E-state index in [1.54, 1.807) is 13.3 Å². The third-order valence-electron chi connectivity index (χ3n) is 2.89. The second-order valence-electron chi connectivity index (χ2n) is 4.23. The number of aromatic nitrogens is 1. The van der Waals surface area contributed by atoms with Crippen LogP contribution in [0.2, 0.25) is 0 Å². The van der Waals surface area contributed by atoms with E-state index in [1.165, 1.54) is 12.8 Å². The fourth-order valence-corrected chi connectivity index (χ4v) is 1.56. The van der Waals surface area contributed by atoms with Crippen molar-refractivity contribution < 1.29 is 4.74 Å². The maximum atomic E-state index is 5.89. The Balaban J connectivity index is 1.93. The molecule has 1 aromatic rings. The maximum Gasteiger partial charge on any atom is 0.212 e. The molecule has 2 N–H and O–H groups in total. The Bertz CT molecular complexity index is 397. The first-order valence-electron chi connectivity index (χ1n) is 5.72. The van der Waals surface area contributed by atoms with Gasteiger partial charge in [0.05, 0.1) is 13.7 Å². The van der Waals surface area contributed by atoms with Crippen molar-refractivity contribution in [2.45, 2.75) is 25.4 Å². The van der Waals surface area contributed by atoms with Gasteiger partial charge in [-0.1, -0.05) is 6.07 Å². The maximum absolute atomic E-state index is 5.89. The molecule has 0 amide bonds. The summed E-state index contributed by atoms with van der Waals surface area (Å²) in [5, 5.41) is 0. The molecule has 1 fully saturated rings. The fraction of sp³-hybridized carbons (Fsp3) is 0.500. The number of hydrogen-bond donors (Lipinski definition) is 1. The smallest absolute Gasteiger partial charge is 0.212 e. The van der Waals surface area contributed by atoms with Gasteiger partial charge >= 0.3 is 0 Å². The van der Waals surface area contributed by atoms with Crippen LogP contribution < -0.4 is 10.5 Å². The second-order valence-corrected chi connectivity index (χ2v) is 4.23. The van der Waals surface area contributed by atoms with Crippen LogP contribution in [-0.4, -0.2) is 36.0 Å². The summed E-state index contributed by atoms with van der Waals surface area (Å²) in [5.74, 6) is 1.21. The van der Waals surface area contributed by atoms with Gasteiger partial charge in [0.25, 0.3) is 0 Å². The fourth-order valence-electron chi connectivity index (χ4n) is 1.56. The Morgan fingerprint density at radius 3 is 2.88 bits per heavy atom. The van der Waals surface area contributed by atoms with Crippen molar-refractivity contribution in [2.75, 3.05) is 14.2 Å². The van der Waals surface area contributed by atoms with Crippen LogP contribution in [0.4, 0.5) is 0 Å². The summed E-state index contributed by atoms with van der Waals surface area (Å²) in [5.41, 5.74) is 6.92. The van der Waals surface area contributed by atoms with E-state index < -0.39 is 0 Å². The Hall–Kier alpha value is -1.78. The van der Waals surface area contributed by atoms with Crippen molar-refractivity contribution in [1.29, 1.82) is 0 Å². The van der Waals surface area contributed by atoms with E-state index in [2.05, 4.69) is 9.98 Å². The Kier molecular flexibility index (Phi) is 3.46. The molecule has 17 heavy (non-hydrogen) atoms. The minimum atomic E-state index is 0.555. The van der Waals surface area contributed by atoms with Crippen molar-refractivity contribution in [3.63, 3.8) is 0 Å². The predicted octanol–water partition coefficient (Wildman–Crippen LogP) is 0.999. The van der Waals surface area contributed by atoms with Crippen molar-refractivity contribution in [3.8, 4) is 5.88 Å². The molecule has 92 valence electrons. The van der Waals surface area contributed by atoms with E-state index >= 15 is 0 Å². The third-order valence-corrected chi connectivity index (χ3v) is 2.89. The second kappa shape index (κ2) is 5.03. The van der Waals surface area contributed by atoms with Crippen LogP contribution in [0.3, 0.4) is 0 Å². The molecule has 1 aliphatic rings. The summed E-state index contributed by atoms with van der Waals surface area (Å²) in [7, 11) is 3.59. The van der Waals surface area contributed by atoms with E-state index in [0.29, 0.717) is 24.4 Å². The minimum Gasteiger partial charge on any atom is -0.481 e. The number of hydrogen-bond acceptors (Lipinski definition) is 3. The van der Waals surface area contributed by atoms with Gasteiger partial charge in [-0.3, -0.25) is 0 Å². The molecule has 1 aliphatic carbocycles. The molecule has 0 atom stereocenters. The molecular weight excluding hydrogens is 216 g/mol. The number of nitrogens with zero attached hydrogens (tertiary/aromatic N) is 3. The zero-order valence-corrected chi connectivity index (χ0v) is 10.3. The van der Waals surface area contributed by atoms with Crippen molar-refractivity contribution in [1.82, 2.24) is 9.88 Å². The topological polar surface area (TPSA) is 63.7 Å². The molecule has 0 bridgehead atoms. The van der Waals surface area contributed by atoms with Gasteiger partial charge in [-0.05, 0) is 18.4 Å². The van der Waals surface area contributed by atoms with Crippen LogP contribution in [-0.2, 0) is 6.54 Å². The van der Waals surface area contributed by atoms with Gasteiger partial charge in [0, 0.05) is 25.4 Å². The van der Waals surface area contributed by atoms with E-state index in [0.717, 1.165) is 5.56 Å². The normalized spacial score (nSPS) is 15.8. The summed E-state index contributed by atoms with van der Waals surface area (Å²) in [6, 6.07) is 4.36. The van der Waals surface area contributed by atoms with Gasteiger partial charge < -0.3 is 15.4 Å². The molecule has 1 aromatic heterocycles. The molecule has 5 nitrogen and oxygen atoms in total. The predicted molar refractivity (Wildman–Crippen MR) is 66.9 cm³/mol. The summed E-state index contributed by atoms with van der Waals surface area (Å²) in [6.45, 7) is 0.555. The third kappa shape index (κ3) is 3.09. The van der Waals surface area contributed by atoms with Gasteiger partial charge in [-0.15, -0.1) is 0 Å². The Morgan fingerprint density at radius 2 is 2.35 bits per heavy atom. The van der Waals surface area contributed by atoms with E-state index in [4.69, 9.17) is 10.5 Å². The van der Waals surface area contributed by atoms with Crippen molar-refractivity contribution in [2.24, 2.45) is 10.7 Å². The standard InChI is InChI=1S/C12H18N4O/c1-16(10-4-5-10)12(13)15-8-9-3-6-11(17-2)14-7-9/h3,6-7,10H,4-5,8H2,1-2H3,(H2,13,15). The van der Waals surface area contributed by atoms with Crippen LogP contribution in [0.5, 0.6) is 5.88 Å². The first kappa shape index (κ1) is 11.7. The Morgan fingerprint density at radius 1 is 1.59 bits per heavy atom. The molecule has 0 aromatic carbocycles. The lowest BCUT2D eigenvalue weighted by molar-refractivity contribution is 0.397. The van der Waals surface area contributed by atoms with Gasteiger partial charge in [-0.25, -0.2) is 9.98 Å². The number of nitrogens with two attached hydrogens (primary N) is 1. The van der Waals surface area contributed by atoms with Crippen LogP contribution in [0.25, 0.3) is 0 Å². The average Bonchev–Trinajstić information content (AvgIpc) is 3.20. The van der Waals surface area contributed by atoms with Crippen LogP contribution >= 0.6 is 0 Å². The first-order valence-corrected chi connectivity index (χ1v) is 5.72. The summed E-state index contributed by atoms with van der Waals surface area (Å²) >= 11 is 0. The largest absolute Gasteiger partial charge is 0.481 e. The van der Waals surface area contributed by atoms with E-state index in [-0.39, 0.29) is 0 Å². The monoisotopic (exact) mass is 234 g/mol. The average molecular weight is 234 g/mol. The highest BCUT2D eigenvalue weighted by Gasteiger charge is 2.27. The number of methoxy groups -OCH3 is 1. The zero-order chi connectivity index (χ0) is 12.3. The zero-order valence-electron chi connectivity index (χ0n) is 10.3. The van der Waals surface area contributed by atoms with Crippen LogP contribution in [0.15, 0.2) is 23.3 Å². The van der Waals surface area contributed by atoms with Gasteiger partial charge in [0.2, 0.25) is 5.88 Å². The highest BCUT2D eigenvalue weighted by Crippen LogP contribution is 2.24. The number of aliphatic imine (C=N–C) groups is 1. The number of rotatable bonds is 4.